The maximum Gasteiger partial charge on any atom is 0.326 e. The number of hydrogen-bond donors (Lipinski definition) is 8. The van der Waals surface area contributed by atoms with E-state index in [4.69, 9.17) is 5.73 Å². The molecule has 0 aliphatic heterocycles. The molecule has 0 radical (unpaired) electrons. The SMILES string of the molecule is CC(NC(=O)C(N)C(C)O)C(=O)NC(C(=O)NC(Cc1cnc[nH]1)C(=O)O)C(C)O. The van der Waals surface area contributed by atoms with Crippen molar-refractivity contribution < 1.29 is 34.5 Å². The Morgan fingerprint density at radius 2 is 1.67 bits per heavy atom. The van der Waals surface area contributed by atoms with E-state index in [2.05, 4.69) is 25.9 Å². The van der Waals surface area contributed by atoms with Crippen LogP contribution in [0.25, 0.3) is 0 Å². The number of aromatic nitrogens is 2. The number of nitrogens with zero attached hydrogens (tertiary/aromatic N) is 1. The van der Waals surface area contributed by atoms with Crippen LogP contribution >= 0.6 is 0 Å². The first-order chi connectivity index (χ1) is 13.9. The van der Waals surface area contributed by atoms with Gasteiger partial charge in [-0.1, -0.05) is 0 Å². The van der Waals surface area contributed by atoms with Gasteiger partial charge in [0.1, 0.15) is 24.2 Å². The van der Waals surface area contributed by atoms with Crippen LogP contribution in [-0.2, 0) is 25.6 Å². The largest absolute Gasteiger partial charge is 0.480 e. The van der Waals surface area contributed by atoms with Crippen molar-refractivity contribution in [2.75, 3.05) is 0 Å². The summed E-state index contributed by atoms with van der Waals surface area (Å²) >= 11 is 0. The van der Waals surface area contributed by atoms with E-state index in [1.807, 2.05) is 0 Å². The number of aromatic amines is 1. The van der Waals surface area contributed by atoms with E-state index in [-0.39, 0.29) is 6.42 Å². The monoisotopic (exact) mass is 428 g/mol. The Morgan fingerprint density at radius 1 is 1.03 bits per heavy atom. The maximum absolute atomic E-state index is 12.5. The first kappa shape index (κ1) is 25.0. The van der Waals surface area contributed by atoms with Gasteiger partial charge in [0, 0.05) is 18.3 Å². The number of rotatable bonds is 11. The van der Waals surface area contributed by atoms with Crippen LogP contribution in [0, 0.1) is 0 Å². The second-order valence-corrected chi connectivity index (χ2v) is 6.90. The lowest BCUT2D eigenvalue weighted by molar-refractivity contribution is -0.143. The molecule has 0 fully saturated rings. The summed E-state index contributed by atoms with van der Waals surface area (Å²) in [6.07, 6.45) is 0.162. The summed E-state index contributed by atoms with van der Waals surface area (Å²) < 4.78 is 0. The van der Waals surface area contributed by atoms with E-state index in [0.717, 1.165) is 0 Å². The number of aliphatic carboxylic acids is 1. The van der Waals surface area contributed by atoms with Crippen LogP contribution in [-0.4, -0.2) is 85.4 Å². The van der Waals surface area contributed by atoms with Crippen molar-refractivity contribution in [3.05, 3.63) is 18.2 Å². The zero-order chi connectivity index (χ0) is 23.0. The Labute approximate surface area is 172 Å². The first-order valence-electron chi connectivity index (χ1n) is 9.16. The fourth-order valence-corrected chi connectivity index (χ4v) is 2.36. The Balaban J connectivity index is 2.77. The van der Waals surface area contributed by atoms with Gasteiger partial charge in [0.05, 0.1) is 18.5 Å². The van der Waals surface area contributed by atoms with Crippen LogP contribution in [0.1, 0.15) is 26.5 Å². The lowest BCUT2D eigenvalue weighted by Gasteiger charge is -2.25. The number of nitrogens with two attached hydrogens (primary N) is 1. The molecule has 1 heterocycles. The fraction of sp³-hybridized carbons (Fsp3) is 0.588. The molecule has 0 aliphatic rings. The summed E-state index contributed by atoms with van der Waals surface area (Å²) in [4.78, 5) is 54.6. The Hall–Kier alpha value is -3.03. The van der Waals surface area contributed by atoms with E-state index in [9.17, 15) is 34.5 Å². The number of carboxylic acid groups (broad SMARTS) is 1. The smallest absolute Gasteiger partial charge is 0.326 e. The molecule has 6 atom stereocenters. The van der Waals surface area contributed by atoms with Gasteiger partial charge in [-0.15, -0.1) is 0 Å². The number of imidazole rings is 1. The van der Waals surface area contributed by atoms with Crippen molar-refractivity contribution in [3.63, 3.8) is 0 Å². The quantitative estimate of drug-likeness (QED) is 0.176. The second-order valence-electron chi connectivity index (χ2n) is 6.90. The van der Waals surface area contributed by atoms with Gasteiger partial charge < -0.3 is 42.0 Å². The predicted molar refractivity (Wildman–Crippen MR) is 103 cm³/mol. The number of nitrogens with one attached hydrogen (secondary N) is 4. The fourth-order valence-electron chi connectivity index (χ4n) is 2.36. The van der Waals surface area contributed by atoms with Crippen molar-refractivity contribution in [2.24, 2.45) is 5.73 Å². The Bertz CT molecular complexity index is 737. The Kier molecular flexibility index (Phi) is 9.36. The lowest BCUT2D eigenvalue weighted by atomic mass is 10.1. The zero-order valence-corrected chi connectivity index (χ0v) is 16.8. The molecule has 0 bridgehead atoms. The molecule has 9 N–H and O–H groups in total. The number of aliphatic hydroxyl groups excluding tert-OH is 2. The molecule has 30 heavy (non-hydrogen) atoms. The van der Waals surface area contributed by atoms with Gasteiger partial charge in [0.2, 0.25) is 17.7 Å². The minimum Gasteiger partial charge on any atom is -0.480 e. The molecule has 1 rings (SSSR count). The standard InChI is InChI=1S/C17H28N6O7/c1-7(21-15(27)12(18)8(2)24)14(26)23-13(9(3)25)16(28)22-11(17(29)30)4-10-5-19-6-20-10/h5-9,11-13,24-25H,4,18H2,1-3H3,(H,19,20)(H,21,27)(H,22,28)(H,23,26)(H,29,30). The van der Waals surface area contributed by atoms with Crippen molar-refractivity contribution in [3.8, 4) is 0 Å². The van der Waals surface area contributed by atoms with Crippen LogP contribution in [0.4, 0.5) is 0 Å². The average Bonchev–Trinajstić information content (AvgIpc) is 3.16. The summed E-state index contributed by atoms with van der Waals surface area (Å²) in [5.74, 6) is -3.84. The van der Waals surface area contributed by atoms with Crippen molar-refractivity contribution in [1.29, 1.82) is 0 Å². The number of amides is 3. The molecule has 13 nitrogen and oxygen atoms in total. The van der Waals surface area contributed by atoms with Crippen LogP contribution in [0.15, 0.2) is 12.5 Å². The van der Waals surface area contributed by atoms with Gasteiger partial charge in [0.25, 0.3) is 0 Å². The highest BCUT2D eigenvalue weighted by Gasteiger charge is 2.32. The van der Waals surface area contributed by atoms with Crippen molar-refractivity contribution in [2.45, 2.75) is 63.6 Å². The van der Waals surface area contributed by atoms with E-state index in [1.165, 1.54) is 33.3 Å². The number of carbonyl (C=O) groups excluding carboxylic acids is 3. The van der Waals surface area contributed by atoms with Crippen LogP contribution in [0.2, 0.25) is 0 Å². The third-order valence-corrected chi connectivity index (χ3v) is 4.23. The van der Waals surface area contributed by atoms with Gasteiger partial charge >= 0.3 is 5.97 Å². The summed E-state index contributed by atoms with van der Waals surface area (Å²) in [5.41, 5.74) is 5.95. The zero-order valence-electron chi connectivity index (χ0n) is 16.8. The number of hydrogen-bond acceptors (Lipinski definition) is 8. The van der Waals surface area contributed by atoms with Crippen molar-refractivity contribution in [1.82, 2.24) is 25.9 Å². The normalized spacial score (nSPS) is 17.0. The van der Waals surface area contributed by atoms with Gasteiger partial charge in [-0.3, -0.25) is 14.4 Å². The van der Waals surface area contributed by atoms with Gasteiger partial charge in [0.15, 0.2) is 0 Å². The second kappa shape index (κ2) is 11.2. The predicted octanol–water partition coefficient (Wildman–Crippen LogP) is -3.40. The summed E-state index contributed by atoms with van der Waals surface area (Å²) in [6.45, 7) is 3.87. The van der Waals surface area contributed by atoms with E-state index < -0.39 is 60.1 Å². The third kappa shape index (κ3) is 7.42. The number of carbonyl (C=O) groups is 4. The topological polar surface area (TPSA) is 220 Å². The molecule has 6 unspecified atom stereocenters. The molecule has 0 saturated carbocycles. The van der Waals surface area contributed by atoms with Crippen LogP contribution in [0.3, 0.4) is 0 Å². The molecule has 1 aromatic rings. The third-order valence-electron chi connectivity index (χ3n) is 4.23. The molecular weight excluding hydrogens is 400 g/mol. The highest BCUT2D eigenvalue weighted by Crippen LogP contribution is 2.02. The summed E-state index contributed by atoms with van der Waals surface area (Å²) in [7, 11) is 0. The average molecular weight is 428 g/mol. The van der Waals surface area contributed by atoms with Gasteiger partial charge in [-0.05, 0) is 20.8 Å². The molecule has 0 saturated heterocycles. The maximum atomic E-state index is 12.5. The molecular formula is C17H28N6O7. The number of aliphatic hydroxyl groups is 2. The molecule has 0 aromatic carbocycles. The number of carboxylic acids is 1. The van der Waals surface area contributed by atoms with Crippen LogP contribution < -0.4 is 21.7 Å². The van der Waals surface area contributed by atoms with E-state index in [0.29, 0.717) is 5.69 Å². The molecule has 1 aromatic heterocycles. The molecule has 0 spiro atoms. The number of H-pyrrole nitrogens is 1. The molecule has 3 amide bonds. The first-order valence-corrected chi connectivity index (χ1v) is 9.16. The van der Waals surface area contributed by atoms with Gasteiger partial charge in [-0.2, -0.15) is 0 Å². The Morgan fingerprint density at radius 3 is 2.13 bits per heavy atom. The molecule has 168 valence electrons. The van der Waals surface area contributed by atoms with Crippen LogP contribution in [0.5, 0.6) is 0 Å². The summed E-state index contributed by atoms with van der Waals surface area (Å²) in [5, 5.41) is 35.3. The van der Waals surface area contributed by atoms with E-state index >= 15 is 0 Å². The highest BCUT2D eigenvalue weighted by atomic mass is 16.4. The van der Waals surface area contributed by atoms with E-state index in [1.54, 1.807) is 0 Å². The minimum atomic E-state index is -1.48. The summed E-state index contributed by atoms with van der Waals surface area (Å²) in [6, 6.07) is -5.21. The van der Waals surface area contributed by atoms with Gasteiger partial charge in [-0.25, -0.2) is 9.78 Å². The molecule has 0 aliphatic carbocycles. The highest BCUT2D eigenvalue weighted by molar-refractivity contribution is 5.94. The lowest BCUT2D eigenvalue weighted by Crippen LogP contribution is -2.60. The molecule has 13 heteroatoms. The van der Waals surface area contributed by atoms with Crippen molar-refractivity contribution >= 4 is 23.7 Å². The minimum absolute atomic E-state index is 0.0920.